The van der Waals surface area contributed by atoms with Crippen molar-refractivity contribution in [1.29, 1.82) is 0 Å². The molecule has 0 atom stereocenters. The summed E-state index contributed by atoms with van der Waals surface area (Å²) in [5, 5.41) is 3.45. The Morgan fingerprint density at radius 2 is 1.71 bits per heavy atom. The molecule has 2 aromatic carbocycles. The van der Waals surface area contributed by atoms with Gasteiger partial charge in [-0.1, -0.05) is 29.8 Å². The van der Waals surface area contributed by atoms with E-state index in [4.69, 9.17) is 11.6 Å². The molecule has 5 heteroatoms. The van der Waals surface area contributed by atoms with Gasteiger partial charge in [-0.2, -0.15) is 0 Å². The molecule has 0 amide bonds. The van der Waals surface area contributed by atoms with E-state index in [1.807, 2.05) is 48.7 Å². The average molecular weight is 386 g/mol. The highest BCUT2D eigenvalue weighted by molar-refractivity contribution is 6.30. The summed E-state index contributed by atoms with van der Waals surface area (Å²) in [5.41, 5.74) is 3.35. The number of pyridine rings is 3. The quantitative estimate of drug-likeness (QED) is 0.357. The standard InChI is InChI=1S/C23H13ClFN3/c24-15-6-7-21(25)20(11-15)22-12-19(18-5-2-9-27-23(18)28-22)17-4-1-3-14-13-26-10-8-16(14)17/h1-13H. The summed E-state index contributed by atoms with van der Waals surface area (Å²) >= 11 is 6.10. The topological polar surface area (TPSA) is 38.7 Å². The molecule has 5 rings (SSSR count). The maximum Gasteiger partial charge on any atom is 0.160 e. The first kappa shape index (κ1) is 16.8. The van der Waals surface area contributed by atoms with Gasteiger partial charge in [0.2, 0.25) is 0 Å². The molecule has 3 aromatic heterocycles. The molecule has 28 heavy (non-hydrogen) atoms. The molecular weight excluding hydrogens is 373 g/mol. The third kappa shape index (κ3) is 2.79. The van der Waals surface area contributed by atoms with Crippen LogP contribution in [0, 0.1) is 5.82 Å². The Kier molecular flexibility index (Phi) is 3.99. The molecule has 0 aliphatic heterocycles. The molecule has 0 unspecified atom stereocenters. The Bertz CT molecular complexity index is 1350. The summed E-state index contributed by atoms with van der Waals surface area (Å²) in [4.78, 5) is 13.2. The second-order valence-corrected chi connectivity index (χ2v) is 6.89. The van der Waals surface area contributed by atoms with Crippen molar-refractivity contribution in [2.24, 2.45) is 0 Å². The van der Waals surface area contributed by atoms with Crippen molar-refractivity contribution < 1.29 is 4.39 Å². The molecule has 3 nitrogen and oxygen atoms in total. The summed E-state index contributed by atoms with van der Waals surface area (Å²) < 4.78 is 14.5. The highest BCUT2D eigenvalue weighted by Crippen LogP contribution is 2.36. The van der Waals surface area contributed by atoms with E-state index in [1.54, 1.807) is 18.5 Å². The predicted molar refractivity (Wildman–Crippen MR) is 111 cm³/mol. The molecule has 3 heterocycles. The van der Waals surface area contributed by atoms with Gasteiger partial charge in [-0.3, -0.25) is 4.98 Å². The van der Waals surface area contributed by atoms with E-state index in [2.05, 4.69) is 15.0 Å². The summed E-state index contributed by atoms with van der Waals surface area (Å²) in [5.74, 6) is -0.375. The van der Waals surface area contributed by atoms with E-state index in [9.17, 15) is 4.39 Å². The van der Waals surface area contributed by atoms with E-state index in [0.29, 0.717) is 21.9 Å². The third-order valence-electron chi connectivity index (χ3n) is 4.76. The molecule has 0 saturated carbocycles. The second-order valence-electron chi connectivity index (χ2n) is 6.46. The van der Waals surface area contributed by atoms with Crippen molar-refractivity contribution in [2.75, 3.05) is 0 Å². The summed E-state index contributed by atoms with van der Waals surface area (Å²) in [7, 11) is 0. The van der Waals surface area contributed by atoms with Gasteiger partial charge in [-0.15, -0.1) is 0 Å². The van der Waals surface area contributed by atoms with Crippen LogP contribution >= 0.6 is 11.6 Å². The fraction of sp³-hybridized carbons (Fsp3) is 0. The van der Waals surface area contributed by atoms with Crippen LogP contribution in [0.5, 0.6) is 0 Å². The van der Waals surface area contributed by atoms with Crippen LogP contribution in [0.4, 0.5) is 4.39 Å². The lowest BCUT2D eigenvalue weighted by Gasteiger charge is -2.12. The van der Waals surface area contributed by atoms with E-state index in [-0.39, 0.29) is 5.82 Å². The van der Waals surface area contributed by atoms with Gasteiger partial charge < -0.3 is 0 Å². The number of hydrogen-bond acceptors (Lipinski definition) is 3. The minimum Gasteiger partial charge on any atom is -0.264 e. The van der Waals surface area contributed by atoms with Crippen molar-refractivity contribution in [1.82, 2.24) is 15.0 Å². The van der Waals surface area contributed by atoms with Gasteiger partial charge in [0.25, 0.3) is 0 Å². The molecule has 134 valence electrons. The van der Waals surface area contributed by atoms with E-state index in [0.717, 1.165) is 27.3 Å². The van der Waals surface area contributed by atoms with Gasteiger partial charge in [-0.05, 0) is 59.0 Å². The molecule has 0 spiro atoms. The number of rotatable bonds is 2. The first-order valence-electron chi connectivity index (χ1n) is 8.75. The number of nitrogens with zero attached hydrogens (tertiary/aromatic N) is 3. The Morgan fingerprint density at radius 1 is 0.786 bits per heavy atom. The maximum absolute atomic E-state index is 14.5. The van der Waals surface area contributed by atoms with Crippen LogP contribution in [0.1, 0.15) is 0 Å². The molecule has 0 aliphatic rings. The van der Waals surface area contributed by atoms with Crippen molar-refractivity contribution >= 4 is 33.4 Å². The lowest BCUT2D eigenvalue weighted by atomic mass is 9.95. The zero-order valence-electron chi connectivity index (χ0n) is 14.6. The lowest BCUT2D eigenvalue weighted by molar-refractivity contribution is 0.631. The second kappa shape index (κ2) is 6.66. The Labute approximate surface area is 165 Å². The number of benzene rings is 2. The van der Waals surface area contributed by atoms with Crippen LogP contribution in [0.25, 0.3) is 44.2 Å². The van der Waals surface area contributed by atoms with Gasteiger partial charge in [-0.25, -0.2) is 14.4 Å². The maximum atomic E-state index is 14.5. The van der Waals surface area contributed by atoms with Gasteiger partial charge in [0.15, 0.2) is 5.65 Å². The number of halogens is 2. The van der Waals surface area contributed by atoms with E-state index in [1.165, 1.54) is 12.1 Å². The zero-order valence-corrected chi connectivity index (χ0v) is 15.4. The SMILES string of the molecule is Fc1ccc(Cl)cc1-c1cc(-c2cccc3cnccc23)c2cccnc2n1. The molecule has 0 saturated heterocycles. The highest BCUT2D eigenvalue weighted by Gasteiger charge is 2.15. The summed E-state index contributed by atoms with van der Waals surface area (Å²) in [6.07, 6.45) is 5.28. The van der Waals surface area contributed by atoms with Gasteiger partial charge in [0, 0.05) is 39.9 Å². The third-order valence-corrected chi connectivity index (χ3v) is 4.99. The molecular formula is C23H13ClFN3. The van der Waals surface area contributed by atoms with Crippen LogP contribution in [0.2, 0.25) is 5.02 Å². The van der Waals surface area contributed by atoms with E-state index < -0.39 is 0 Å². The van der Waals surface area contributed by atoms with E-state index >= 15 is 0 Å². The van der Waals surface area contributed by atoms with Crippen molar-refractivity contribution in [3.63, 3.8) is 0 Å². The molecule has 0 fully saturated rings. The molecule has 5 aromatic rings. The van der Waals surface area contributed by atoms with Crippen LogP contribution in [0.15, 0.2) is 79.3 Å². The predicted octanol–water partition coefficient (Wildman–Crippen LogP) is 6.30. The first-order chi connectivity index (χ1) is 13.7. The molecule has 0 N–H and O–H groups in total. The molecule has 0 radical (unpaired) electrons. The monoisotopic (exact) mass is 385 g/mol. The van der Waals surface area contributed by atoms with Crippen molar-refractivity contribution in [2.45, 2.75) is 0 Å². The van der Waals surface area contributed by atoms with Gasteiger partial charge >= 0.3 is 0 Å². The van der Waals surface area contributed by atoms with Crippen LogP contribution in [-0.2, 0) is 0 Å². The van der Waals surface area contributed by atoms with Gasteiger partial charge in [0.1, 0.15) is 5.82 Å². The van der Waals surface area contributed by atoms with Crippen LogP contribution in [-0.4, -0.2) is 15.0 Å². The summed E-state index contributed by atoms with van der Waals surface area (Å²) in [6.45, 7) is 0. The fourth-order valence-corrected chi connectivity index (χ4v) is 3.64. The van der Waals surface area contributed by atoms with Gasteiger partial charge in [0.05, 0.1) is 5.69 Å². The number of hydrogen-bond donors (Lipinski definition) is 0. The fourth-order valence-electron chi connectivity index (χ4n) is 3.47. The van der Waals surface area contributed by atoms with Crippen LogP contribution < -0.4 is 0 Å². The zero-order chi connectivity index (χ0) is 19.1. The normalized spacial score (nSPS) is 11.2. The Hall–Kier alpha value is -3.37. The van der Waals surface area contributed by atoms with Crippen molar-refractivity contribution in [3.8, 4) is 22.4 Å². The summed E-state index contributed by atoms with van der Waals surface area (Å²) in [6, 6.07) is 18.2. The highest BCUT2D eigenvalue weighted by atomic mass is 35.5. The van der Waals surface area contributed by atoms with Crippen molar-refractivity contribution in [3.05, 3.63) is 90.1 Å². The minimum atomic E-state index is -0.375. The molecule has 0 aliphatic carbocycles. The number of fused-ring (bicyclic) bond motifs is 2. The first-order valence-corrected chi connectivity index (χ1v) is 9.13. The average Bonchev–Trinajstić information content (AvgIpc) is 2.74. The Morgan fingerprint density at radius 3 is 2.64 bits per heavy atom. The smallest absolute Gasteiger partial charge is 0.160 e. The molecule has 0 bridgehead atoms. The Balaban J connectivity index is 1.87. The van der Waals surface area contributed by atoms with Crippen LogP contribution in [0.3, 0.4) is 0 Å². The largest absolute Gasteiger partial charge is 0.264 e. The number of aromatic nitrogens is 3. The minimum absolute atomic E-state index is 0.350. The lowest BCUT2D eigenvalue weighted by Crippen LogP contribution is -1.94.